The number of nitrogens with one attached hydrogen (secondary N) is 2. The molecule has 29 heavy (non-hydrogen) atoms. The summed E-state index contributed by atoms with van der Waals surface area (Å²) < 4.78 is 1.88. The number of carbonyl (C=O) groups is 1. The summed E-state index contributed by atoms with van der Waals surface area (Å²) in [5.41, 5.74) is 4.43. The lowest BCUT2D eigenvalue weighted by Crippen LogP contribution is -2.42. The Labute approximate surface area is 173 Å². The highest BCUT2D eigenvalue weighted by Crippen LogP contribution is 2.28. The van der Waals surface area contributed by atoms with Crippen LogP contribution in [0.4, 0.5) is 0 Å². The first-order chi connectivity index (χ1) is 14.2. The van der Waals surface area contributed by atoms with Gasteiger partial charge in [-0.15, -0.1) is 0 Å². The van der Waals surface area contributed by atoms with E-state index in [0.29, 0.717) is 17.7 Å². The Morgan fingerprint density at radius 3 is 2.66 bits per heavy atom. The summed E-state index contributed by atoms with van der Waals surface area (Å²) in [5, 5.41) is 10.9. The van der Waals surface area contributed by atoms with Crippen molar-refractivity contribution < 1.29 is 4.79 Å². The third kappa shape index (κ3) is 4.54. The van der Waals surface area contributed by atoms with Crippen LogP contribution in [0.1, 0.15) is 52.5 Å². The van der Waals surface area contributed by atoms with E-state index in [9.17, 15) is 4.79 Å². The summed E-state index contributed by atoms with van der Waals surface area (Å²) in [5.74, 6) is 0.634. The highest BCUT2D eigenvalue weighted by molar-refractivity contribution is 5.93. The number of likely N-dealkylation sites (tertiary alicyclic amines) is 1. The topological polar surface area (TPSA) is 62.2 Å². The Morgan fingerprint density at radius 1 is 1.17 bits per heavy atom. The van der Waals surface area contributed by atoms with Crippen LogP contribution in [-0.4, -0.2) is 59.9 Å². The number of aryl methyl sites for hydroxylation is 1. The molecule has 2 aromatic rings. The SMILES string of the molecule is CNC(=O)c1nn(C)c2c1CC(NCCN1CCC(c3ccccc3)CC1)CC2. The summed E-state index contributed by atoms with van der Waals surface area (Å²) in [4.78, 5) is 14.7. The second-order valence-corrected chi connectivity index (χ2v) is 8.40. The molecule has 0 spiro atoms. The Morgan fingerprint density at radius 2 is 1.93 bits per heavy atom. The van der Waals surface area contributed by atoms with E-state index in [2.05, 4.69) is 51.0 Å². The van der Waals surface area contributed by atoms with Crippen molar-refractivity contribution in [3.05, 3.63) is 52.8 Å². The minimum absolute atomic E-state index is 0.0798. The molecule has 1 aromatic heterocycles. The van der Waals surface area contributed by atoms with Gasteiger partial charge in [0.2, 0.25) is 0 Å². The summed E-state index contributed by atoms with van der Waals surface area (Å²) >= 11 is 0. The Kier molecular flexibility index (Phi) is 6.31. The number of rotatable bonds is 6. The van der Waals surface area contributed by atoms with Gasteiger partial charge >= 0.3 is 0 Å². The van der Waals surface area contributed by atoms with Gasteiger partial charge in [0.05, 0.1) is 0 Å². The normalized spacial score (nSPS) is 20.4. The number of amides is 1. The molecule has 2 aliphatic rings. The number of piperidine rings is 1. The molecule has 2 heterocycles. The van der Waals surface area contributed by atoms with Gasteiger partial charge in [-0.05, 0) is 56.7 Å². The molecule has 1 aromatic carbocycles. The van der Waals surface area contributed by atoms with Crippen LogP contribution in [0.3, 0.4) is 0 Å². The molecular weight excluding hydrogens is 362 g/mol. The molecule has 0 radical (unpaired) electrons. The van der Waals surface area contributed by atoms with Crippen LogP contribution >= 0.6 is 0 Å². The van der Waals surface area contributed by atoms with Crippen molar-refractivity contribution in [3.8, 4) is 0 Å². The minimum Gasteiger partial charge on any atom is -0.354 e. The molecule has 0 saturated carbocycles. The maximum atomic E-state index is 12.1. The van der Waals surface area contributed by atoms with Crippen molar-refractivity contribution in [1.82, 2.24) is 25.3 Å². The quantitative estimate of drug-likeness (QED) is 0.786. The number of fused-ring (bicyclic) bond motifs is 1. The average Bonchev–Trinajstić information content (AvgIpc) is 3.10. The summed E-state index contributed by atoms with van der Waals surface area (Å²) in [6, 6.07) is 11.4. The lowest BCUT2D eigenvalue weighted by atomic mass is 9.89. The monoisotopic (exact) mass is 395 g/mol. The number of benzene rings is 1. The van der Waals surface area contributed by atoms with Gasteiger partial charge < -0.3 is 15.5 Å². The van der Waals surface area contributed by atoms with Crippen LogP contribution in [0.2, 0.25) is 0 Å². The van der Waals surface area contributed by atoms with Gasteiger partial charge in [-0.25, -0.2) is 0 Å². The van der Waals surface area contributed by atoms with Gasteiger partial charge in [0.25, 0.3) is 5.91 Å². The van der Waals surface area contributed by atoms with E-state index in [0.717, 1.165) is 37.9 Å². The smallest absolute Gasteiger partial charge is 0.271 e. The molecule has 156 valence electrons. The van der Waals surface area contributed by atoms with Crippen molar-refractivity contribution in [1.29, 1.82) is 0 Å². The summed E-state index contributed by atoms with van der Waals surface area (Å²) in [6.07, 6.45) is 5.48. The minimum atomic E-state index is -0.0798. The molecule has 6 nitrogen and oxygen atoms in total. The molecule has 1 aliphatic carbocycles. The van der Waals surface area contributed by atoms with Crippen LogP contribution in [-0.2, 0) is 19.9 Å². The zero-order valence-corrected chi connectivity index (χ0v) is 17.7. The molecule has 1 unspecified atom stereocenters. The Balaban J connectivity index is 1.24. The Hall–Kier alpha value is -2.18. The van der Waals surface area contributed by atoms with Crippen molar-refractivity contribution in [2.24, 2.45) is 7.05 Å². The van der Waals surface area contributed by atoms with Crippen LogP contribution in [0.5, 0.6) is 0 Å². The maximum absolute atomic E-state index is 12.1. The fraction of sp³-hybridized carbons (Fsp3) is 0.565. The van der Waals surface area contributed by atoms with Gasteiger partial charge in [0, 0.05) is 44.5 Å². The van der Waals surface area contributed by atoms with E-state index in [1.807, 2.05) is 11.7 Å². The molecule has 1 atom stereocenters. The zero-order valence-electron chi connectivity index (χ0n) is 17.7. The highest BCUT2D eigenvalue weighted by atomic mass is 16.1. The van der Waals surface area contributed by atoms with Crippen LogP contribution < -0.4 is 10.6 Å². The van der Waals surface area contributed by atoms with E-state index in [1.165, 1.54) is 37.2 Å². The maximum Gasteiger partial charge on any atom is 0.271 e. The first kappa shape index (κ1) is 20.1. The van der Waals surface area contributed by atoms with E-state index in [4.69, 9.17) is 0 Å². The summed E-state index contributed by atoms with van der Waals surface area (Å²) in [6.45, 7) is 4.46. The van der Waals surface area contributed by atoms with Gasteiger partial charge in [-0.3, -0.25) is 9.48 Å². The van der Waals surface area contributed by atoms with Crippen LogP contribution in [0, 0.1) is 0 Å². The lowest BCUT2D eigenvalue weighted by Gasteiger charge is -2.33. The van der Waals surface area contributed by atoms with Crippen LogP contribution in [0.15, 0.2) is 30.3 Å². The first-order valence-corrected chi connectivity index (χ1v) is 10.9. The lowest BCUT2D eigenvalue weighted by molar-refractivity contribution is 0.0956. The van der Waals surface area contributed by atoms with Gasteiger partial charge in [0.1, 0.15) is 0 Å². The van der Waals surface area contributed by atoms with Crippen molar-refractivity contribution in [3.63, 3.8) is 0 Å². The molecule has 2 N–H and O–H groups in total. The van der Waals surface area contributed by atoms with E-state index < -0.39 is 0 Å². The molecule has 1 fully saturated rings. The second kappa shape index (κ2) is 9.09. The standard InChI is InChI=1S/C23H33N5O/c1-24-23(29)22-20-16-19(8-9-21(20)27(2)26-22)25-12-15-28-13-10-18(11-14-28)17-6-4-3-5-7-17/h3-7,18-19,25H,8-16H2,1-2H3,(H,24,29). The predicted molar refractivity (Wildman–Crippen MR) is 115 cm³/mol. The van der Waals surface area contributed by atoms with E-state index in [-0.39, 0.29) is 5.91 Å². The largest absolute Gasteiger partial charge is 0.354 e. The zero-order chi connectivity index (χ0) is 20.2. The fourth-order valence-electron chi connectivity index (χ4n) is 4.91. The van der Waals surface area contributed by atoms with Gasteiger partial charge in [-0.2, -0.15) is 5.10 Å². The average molecular weight is 396 g/mol. The molecule has 1 saturated heterocycles. The molecular formula is C23H33N5O. The number of hydrogen-bond donors (Lipinski definition) is 2. The molecule has 6 heteroatoms. The first-order valence-electron chi connectivity index (χ1n) is 10.9. The predicted octanol–water partition coefficient (Wildman–Crippen LogP) is 2.11. The van der Waals surface area contributed by atoms with Gasteiger partial charge in [-0.1, -0.05) is 30.3 Å². The fourth-order valence-corrected chi connectivity index (χ4v) is 4.91. The molecule has 1 amide bonds. The second-order valence-electron chi connectivity index (χ2n) is 8.40. The van der Waals surface area contributed by atoms with Crippen molar-refractivity contribution in [2.75, 3.05) is 33.2 Å². The third-order valence-corrected chi connectivity index (χ3v) is 6.62. The van der Waals surface area contributed by atoms with Crippen LogP contribution in [0.25, 0.3) is 0 Å². The number of nitrogens with zero attached hydrogens (tertiary/aromatic N) is 3. The molecule has 0 bridgehead atoms. The van der Waals surface area contributed by atoms with Gasteiger partial charge in [0.15, 0.2) is 5.69 Å². The number of carbonyl (C=O) groups excluding carboxylic acids is 1. The van der Waals surface area contributed by atoms with E-state index >= 15 is 0 Å². The summed E-state index contributed by atoms with van der Waals surface area (Å²) in [7, 11) is 3.61. The van der Waals surface area contributed by atoms with Crippen molar-refractivity contribution >= 4 is 5.91 Å². The van der Waals surface area contributed by atoms with E-state index in [1.54, 1.807) is 7.05 Å². The highest BCUT2D eigenvalue weighted by Gasteiger charge is 2.28. The molecule has 4 rings (SSSR count). The molecule has 1 aliphatic heterocycles. The number of hydrogen-bond acceptors (Lipinski definition) is 4. The number of aromatic nitrogens is 2. The third-order valence-electron chi connectivity index (χ3n) is 6.62. The van der Waals surface area contributed by atoms with Crippen molar-refractivity contribution in [2.45, 2.75) is 44.1 Å². The Bertz CT molecular complexity index is 823.